The second-order valence-electron chi connectivity index (χ2n) is 22.2. The molecule has 5 nitrogen and oxygen atoms in total. The minimum Gasteiger partial charge on any atom is -0.509 e. The van der Waals surface area contributed by atoms with Crippen molar-refractivity contribution >= 4 is 79.4 Å². The van der Waals surface area contributed by atoms with Gasteiger partial charge < -0.3 is 9.30 Å². The van der Waals surface area contributed by atoms with Gasteiger partial charge in [-0.15, -0.1) is 23.6 Å². The molecule has 10 aromatic rings. The number of aromatic nitrogens is 2. The van der Waals surface area contributed by atoms with E-state index in [1.165, 1.54) is 37.4 Å². The fourth-order valence-electron chi connectivity index (χ4n) is 10.4. The summed E-state index contributed by atoms with van der Waals surface area (Å²) in [7, 11) is -3.06. The van der Waals surface area contributed by atoms with Crippen LogP contribution in [-0.4, -0.2) is 23.6 Å². The van der Waals surface area contributed by atoms with Crippen LogP contribution in [0, 0.1) is 12.1 Å². The first-order chi connectivity index (χ1) is 34.6. The molecule has 2 aromatic heterocycles. The minimum absolute atomic E-state index is 0. The van der Waals surface area contributed by atoms with Crippen molar-refractivity contribution in [2.24, 2.45) is 0 Å². The molecule has 0 atom stereocenters. The molecule has 0 unspecified atom stereocenters. The average molecular weight is 1150 g/mol. The van der Waals surface area contributed by atoms with Gasteiger partial charge in [0.05, 0.1) is 0 Å². The van der Waals surface area contributed by atoms with Crippen LogP contribution in [0.15, 0.2) is 200 Å². The van der Waals surface area contributed by atoms with E-state index in [-0.39, 0.29) is 37.3 Å². The molecule has 73 heavy (non-hydrogen) atoms. The third kappa shape index (κ3) is 8.97. The summed E-state index contributed by atoms with van der Waals surface area (Å²) in [6, 6.07) is 81.8. The Balaban J connectivity index is 0.00000611. The quantitative estimate of drug-likeness (QED) is 0.0624. The van der Waals surface area contributed by atoms with E-state index in [1.54, 1.807) is 0 Å². The Bertz CT molecular complexity index is 3630. The molecule has 0 saturated heterocycles. The maximum Gasteiger partial charge on any atom is 2.00 e. The smallest absolute Gasteiger partial charge is 0.509 e. The van der Waals surface area contributed by atoms with E-state index < -0.39 is 8.07 Å². The fourth-order valence-corrected chi connectivity index (χ4v) is 15.3. The van der Waals surface area contributed by atoms with Gasteiger partial charge in [-0.3, -0.25) is 0 Å². The van der Waals surface area contributed by atoms with E-state index in [0.717, 1.165) is 50.4 Å². The molecule has 362 valence electrons. The Morgan fingerprint density at radius 3 is 1.67 bits per heavy atom. The van der Waals surface area contributed by atoms with E-state index in [2.05, 4.69) is 270 Å². The standard InChI is InChI=1S/C66H60N4OSi.Pt/c1-64(2,3)46-37-38-67-62(42-46)70-58-32-20-19-31-56(58)57-36-35-52(44-60(57)70)71-51-24-21-23-49(43-51)68-45-69(50-40-47(65(4,5)6)39-48(41-50)66(7,8)9)63-59(68)33-22-34-61(63)72(53-25-13-10-14-26-53,54-27-15-11-16-28-54)55-29-17-12-18-30-55;/h10-42H,1-9H3;/q;+2. The number of nitrogens with zero attached hydrogens (tertiary/aromatic N) is 4. The minimum atomic E-state index is -3.06. The van der Waals surface area contributed by atoms with Crippen molar-refractivity contribution in [2.75, 3.05) is 0 Å². The van der Waals surface area contributed by atoms with Crippen molar-refractivity contribution < 1.29 is 25.8 Å². The van der Waals surface area contributed by atoms with Crippen LogP contribution in [0.4, 0.5) is 22.7 Å². The molecule has 3 heterocycles. The van der Waals surface area contributed by atoms with Gasteiger partial charge in [0.25, 0.3) is 11.4 Å². The van der Waals surface area contributed by atoms with E-state index in [4.69, 9.17) is 9.72 Å². The van der Waals surface area contributed by atoms with Crippen LogP contribution in [0.2, 0.25) is 0 Å². The van der Waals surface area contributed by atoms with E-state index in [0.29, 0.717) is 11.5 Å². The molecule has 0 radical (unpaired) electrons. The first kappa shape index (κ1) is 49.4. The summed E-state index contributed by atoms with van der Waals surface area (Å²) in [6.45, 7) is 20.5. The zero-order valence-electron chi connectivity index (χ0n) is 43.1. The molecule has 0 amide bonds. The second kappa shape index (κ2) is 19.0. The van der Waals surface area contributed by atoms with E-state index >= 15 is 0 Å². The third-order valence-electron chi connectivity index (χ3n) is 14.2. The molecule has 1 aliphatic rings. The molecule has 11 rings (SSSR count). The summed E-state index contributed by atoms with van der Waals surface area (Å²) in [4.78, 5) is 4.90. The summed E-state index contributed by atoms with van der Waals surface area (Å²) in [5.74, 6) is 2.01. The van der Waals surface area contributed by atoms with Gasteiger partial charge in [0, 0.05) is 46.6 Å². The summed E-state index contributed by atoms with van der Waals surface area (Å²) in [5.41, 5.74) is 9.46. The number of rotatable bonds is 9. The van der Waals surface area contributed by atoms with Gasteiger partial charge >= 0.3 is 27.1 Å². The molecule has 0 saturated carbocycles. The topological polar surface area (TPSA) is 33.1 Å². The van der Waals surface area contributed by atoms with E-state index in [1.807, 2.05) is 24.4 Å². The average Bonchev–Trinajstić information content (AvgIpc) is 3.94. The largest absolute Gasteiger partial charge is 2.00 e. The molecule has 0 bridgehead atoms. The SMILES string of the molecule is CC(C)(C)c1cc([N+]2=C=[N+](c3[c-]c(Oc4[c-]c5c(cc4)c4ccccc4n5-c4cc(C(C)(C)C)ccn4)ccc3)c3cccc([Si](c4ccccc4)(c4ccccc4)c4ccccc4)c32)cc(C(C)(C)C)c1.[Pt+2]. The van der Waals surface area contributed by atoms with Crippen LogP contribution in [0.5, 0.6) is 11.5 Å². The Labute approximate surface area is 446 Å². The number of pyridine rings is 1. The predicted octanol–water partition coefficient (Wildman–Crippen LogP) is 13.7. The zero-order valence-corrected chi connectivity index (χ0v) is 46.3. The van der Waals surface area contributed by atoms with Crippen molar-refractivity contribution in [2.45, 2.75) is 78.6 Å². The molecule has 1 aliphatic heterocycles. The maximum absolute atomic E-state index is 6.80. The predicted molar refractivity (Wildman–Crippen MR) is 303 cm³/mol. The number of ether oxygens (including phenoxy) is 1. The second-order valence-corrected chi connectivity index (χ2v) is 25.9. The number of benzene rings is 8. The van der Waals surface area contributed by atoms with E-state index in [9.17, 15) is 0 Å². The Kier molecular flexibility index (Phi) is 12.9. The molecule has 7 heteroatoms. The van der Waals surface area contributed by atoms with Gasteiger partial charge in [0.15, 0.2) is 8.07 Å². The molecule has 8 aromatic carbocycles. The molecular formula is C66H60N4OPtSi+2. The number of hydrogen-bond donors (Lipinski definition) is 0. The van der Waals surface area contributed by atoms with Gasteiger partial charge in [0.2, 0.25) is 5.69 Å². The fraction of sp³-hybridized carbons (Fsp3) is 0.182. The van der Waals surface area contributed by atoms with Gasteiger partial charge in [-0.1, -0.05) is 212 Å². The Morgan fingerprint density at radius 2 is 1.07 bits per heavy atom. The van der Waals surface area contributed by atoms with Crippen molar-refractivity contribution in [1.29, 1.82) is 0 Å². The first-order valence-corrected chi connectivity index (χ1v) is 27.0. The summed E-state index contributed by atoms with van der Waals surface area (Å²) in [5, 5.41) is 7.40. The summed E-state index contributed by atoms with van der Waals surface area (Å²) >= 11 is 0. The number of fused-ring (bicyclic) bond motifs is 4. The van der Waals surface area contributed by atoms with Crippen LogP contribution in [0.3, 0.4) is 0 Å². The van der Waals surface area contributed by atoms with Crippen molar-refractivity contribution in [1.82, 2.24) is 18.7 Å². The molecule has 0 N–H and O–H groups in total. The van der Waals surface area contributed by atoms with Crippen LogP contribution in [0.25, 0.3) is 27.6 Å². The number of hydrogen-bond acceptors (Lipinski definition) is 2. The molecule has 0 aliphatic carbocycles. The third-order valence-corrected chi connectivity index (χ3v) is 19.0. The summed E-state index contributed by atoms with van der Waals surface area (Å²) in [6.07, 6.45) is 1.91. The Hall–Kier alpha value is -7.20. The first-order valence-electron chi connectivity index (χ1n) is 25.0. The van der Waals surface area contributed by atoms with Gasteiger partial charge in [-0.05, 0) is 76.7 Å². The maximum atomic E-state index is 6.80. The zero-order chi connectivity index (χ0) is 50.0. The van der Waals surface area contributed by atoms with Gasteiger partial charge in [-0.2, -0.15) is 12.1 Å². The van der Waals surface area contributed by atoms with Crippen LogP contribution < -0.4 is 34.6 Å². The van der Waals surface area contributed by atoms with Crippen molar-refractivity contribution in [3.05, 3.63) is 229 Å². The molecule has 0 spiro atoms. The number of para-hydroxylation sites is 2. The van der Waals surface area contributed by atoms with Crippen molar-refractivity contribution in [3.8, 4) is 17.3 Å². The van der Waals surface area contributed by atoms with Crippen LogP contribution in [0.1, 0.15) is 79.0 Å². The normalized spacial score (nSPS) is 12.8. The van der Waals surface area contributed by atoms with Crippen LogP contribution >= 0.6 is 0 Å². The van der Waals surface area contributed by atoms with Gasteiger partial charge in [0.1, 0.15) is 11.5 Å². The van der Waals surface area contributed by atoms with Crippen molar-refractivity contribution in [3.63, 3.8) is 0 Å². The Morgan fingerprint density at radius 1 is 0.507 bits per heavy atom. The summed E-state index contributed by atoms with van der Waals surface area (Å²) < 4.78 is 13.5. The molecular weight excluding hydrogens is 1090 g/mol. The molecule has 0 fully saturated rings. The monoisotopic (exact) mass is 1150 g/mol. The van der Waals surface area contributed by atoms with Crippen LogP contribution in [-0.2, 0) is 37.3 Å². The van der Waals surface area contributed by atoms with Gasteiger partial charge in [-0.25, -0.2) is 4.98 Å².